The first-order valence-corrected chi connectivity index (χ1v) is 10.1. The lowest BCUT2D eigenvalue weighted by atomic mass is 9.85. The van der Waals surface area contributed by atoms with Crippen LogP contribution < -0.4 is 5.32 Å². The molecule has 2 aromatic carbocycles. The number of aromatic nitrogens is 1. The first-order chi connectivity index (χ1) is 14.0. The van der Waals surface area contributed by atoms with E-state index in [1.807, 2.05) is 12.1 Å². The predicted octanol–water partition coefficient (Wildman–Crippen LogP) is 6.21. The number of para-hydroxylation sites is 1. The summed E-state index contributed by atoms with van der Waals surface area (Å²) < 4.78 is 39.3. The van der Waals surface area contributed by atoms with Crippen LogP contribution in [0.2, 0.25) is 0 Å². The Morgan fingerprint density at radius 2 is 1.86 bits per heavy atom. The zero-order chi connectivity index (χ0) is 20.3. The molecule has 2 N–H and O–H groups in total. The number of unbranched alkanes of at least 4 members (excludes halogenated alkanes) is 1. The number of nitrogens with one attached hydrogen (secondary N) is 2. The quantitative estimate of drug-likeness (QED) is 0.375. The van der Waals surface area contributed by atoms with E-state index in [4.69, 9.17) is 0 Å². The van der Waals surface area contributed by atoms with E-state index in [2.05, 4.69) is 40.8 Å². The van der Waals surface area contributed by atoms with Crippen LogP contribution in [0, 0.1) is 0 Å². The monoisotopic (exact) mass is 398 g/mol. The minimum absolute atomic E-state index is 0.0286. The summed E-state index contributed by atoms with van der Waals surface area (Å²) in [4.78, 5) is 3.31. The third-order valence-corrected chi connectivity index (χ3v) is 5.76. The molecule has 2 unspecified atom stereocenters. The van der Waals surface area contributed by atoms with Gasteiger partial charge in [0, 0.05) is 35.6 Å². The second-order valence-corrected chi connectivity index (χ2v) is 7.70. The van der Waals surface area contributed by atoms with Gasteiger partial charge >= 0.3 is 6.18 Å². The van der Waals surface area contributed by atoms with Crippen LogP contribution in [0.4, 0.5) is 13.2 Å². The lowest BCUT2D eigenvalue weighted by Crippen LogP contribution is -2.37. The molecule has 1 aliphatic heterocycles. The van der Waals surface area contributed by atoms with Crippen molar-refractivity contribution in [1.82, 2.24) is 10.3 Å². The third kappa shape index (κ3) is 4.56. The summed E-state index contributed by atoms with van der Waals surface area (Å²) in [5.74, 6) is -0.0286. The second kappa shape index (κ2) is 8.46. The summed E-state index contributed by atoms with van der Waals surface area (Å²) in [6, 6.07) is 14.2. The second-order valence-electron chi connectivity index (χ2n) is 7.70. The van der Waals surface area contributed by atoms with Crippen LogP contribution >= 0.6 is 0 Å². The highest BCUT2D eigenvalue weighted by atomic mass is 19.4. The van der Waals surface area contributed by atoms with Crippen molar-refractivity contribution >= 4 is 10.9 Å². The van der Waals surface area contributed by atoms with Crippen molar-refractivity contribution in [3.05, 3.63) is 83.6 Å². The molecule has 0 aliphatic carbocycles. The van der Waals surface area contributed by atoms with Gasteiger partial charge in [-0.15, -0.1) is 0 Å². The van der Waals surface area contributed by atoms with E-state index in [0.717, 1.165) is 49.4 Å². The van der Waals surface area contributed by atoms with E-state index in [0.29, 0.717) is 0 Å². The lowest BCUT2D eigenvalue weighted by Gasteiger charge is -2.30. The fourth-order valence-corrected chi connectivity index (χ4v) is 4.26. The molecule has 0 radical (unpaired) electrons. The molecule has 0 saturated carbocycles. The number of hydrogen-bond donors (Lipinski definition) is 2. The Balaban J connectivity index is 1.38. The normalized spacial score (nSPS) is 19.7. The molecule has 0 spiro atoms. The van der Waals surface area contributed by atoms with Gasteiger partial charge in [0.05, 0.1) is 5.56 Å². The summed E-state index contributed by atoms with van der Waals surface area (Å²) in [6.45, 7) is 0.766. The van der Waals surface area contributed by atoms with E-state index >= 15 is 0 Å². The molecule has 0 saturated heterocycles. The number of H-pyrrole nitrogens is 1. The van der Waals surface area contributed by atoms with Gasteiger partial charge in [0.1, 0.15) is 0 Å². The number of fused-ring (bicyclic) bond motifs is 1. The van der Waals surface area contributed by atoms with Gasteiger partial charge < -0.3 is 10.3 Å². The van der Waals surface area contributed by atoms with Gasteiger partial charge in [-0.2, -0.15) is 13.2 Å². The van der Waals surface area contributed by atoms with Crippen molar-refractivity contribution < 1.29 is 13.2 Å². The SMILES string of the molecule is FC(F)(F)c1cccc(C2C=CCNC2CCCCc2c[nH]c3ccccc23)c1. The summed E-state index contributed by atoms with van der Waals surface area (Å²) in [5, 5.41) is 4.75. The van der Waals surface area contributed by atoms with Crippen LogP contribution in [0.1, 0.15) is 41.9 Å². The number of benzene rings is 2. The molecule has 1 aromatic heterocycles. The average molecular weight is 398 g/mol. The maximum atomic E-state index is 13.1. The third-order valence-electron chi connectivity index (χ3n) is 5.76. The van der Waals surface area contributed by atoms with Gasteiger partial charge in [-0.1, -0.05) is 55.0 Å². The topological polar surface area (TPSA) is 27.8 Å². The van der Waals surface area contributed by atoms with Crippen LogP contribution in [0.3, 0.4) is 0 Å². The first-order valence-electron chi connectivity index (χ1n) is 10.1. The van der Waals surface area contributed by atoms with E-state index < -0.39 is 11.7 Å². The molecule has 2 heterocycles. The summed E-state index contributed by atoms with van der Waals surface area (Å²) in [6.07, 6.45) is 5.85. The maximum Gasteiger partial charge on any atom is 0.416 e. The highest BCUT2D eigenvalue weighted by molar-refractivity contribution is 5.82. The molecular weight excluding hydrogens is 373 g/mol. The average Bonchev–Trinajstić information content (AvgIpc) is 3.14. The van der Waals surface area contributed by atoms with Crippen molar-refractivity contribution in [2.45, 2.75) is 43.8 Å². The molecule has 2 atom stereocenters. The van der Waals surface area contributed by atoms with Gasteiger partial charge in [-0.05, 0) is 42.5 Å². The first kappa shape index (κ1) is 19.8. The highest BCUT2D eigenvalue weighted by Gasteiger charge is 2.32. The van der Waals surface area contributed by atoms with Crippen molar-refractivity contribution in [1.29, 1.82) is 0 Å². The molecular formula is C24H25F3N2. The van der Waals surface area contributed by atoms with Crippen molar-refractivity contribution in [3.63, 3.8) is 0 Å². The Morgan fingerprint density at radius 1 is 1.00 bits per heavy atom. The number of rotatable bonds is 6. The Bertz CT molecular complexity index is 987. The minimum atomic E-state index is -4.31. The summed E-state index contributed by atoms with van der Waals surface area (Å²) >= 11 is 0. The van der Waals surface area contributed by atoms with E-state index in [9.17, 15) is 13.2 Å². The molecule has 4 rings (SSSR count). The van der Waals surface area contributed by atoms with Gasteiger partial charge in [-0.3, -0.25) is 0 Å². The van der Waals surface area contributed by atoms with Crippen LogP contribution in [0.5, 0.6) is 0 Å². The largest absolute Gasteiger partial charge is 0.416 e. The molecule has 5 heteroatoms. The fraction of sp³-hybridized carbons (Fsp3) is 0.333. The van der Waals surface area contributed by atoms with Gasteiger partial charge in [0.25, 0.3) is 0 Å². The Labute approximate surface area is 168 Å². The van der Waals surface area contributed by atoms with E-state index in [1.165, 1.54) is 23.1 Å². The molecule has 29 heavy (non-hydrogen) atoms. The Hall–Kier alpha value is -2.53. The zero-order valence-corrected chi connectivity index (χ0v) is 16.2. The van der Waals surface area contributed by atoms with Crippen molar-refractivity contribution in [2.75, 3.05) is 6.54 Å². The molecule has 0 fully saturated rings. The van der Waals surface area contributed by atoms with Crippen LogP contribution in [0.15, 0.2) is 66.9 Å². The van der Waals surface area contributed by atoms with Crippen molar-refractivity contribution in [3.8, 4) is 0 Å². The van der Waals surface area contributed by atoms with Crippen molar-refractivity contribution in [2.24, 2.45) is 0 Å². The minimum Gasteiger partial charge on any atom is -0.361 e. The molecule has 3 aromatic rings. The van der Waals surface area contributed by atoms with Gasteiger partial charge in [0.2, 0.25) is 0 Å². The smallest absolute Gasteiger partial charge is 0.361 e. The zero-order valence-electron chi connectivity index (χ0n) is 16.2. The Kier molecular flexibility index (Phi) is 5.76. The van der Waals surface area contributed by atoms with E-state index in [1.54, 1.807) is 6.07 Å². The lowest BCUT2D eigenvalue weighted by molar-refractivity contribution is -0.137. The summed E-state index contributed by atoms with van der Waals surface area (Å²) in [5.41, 5.74) is 2.63. The molecule has 2 nitrogen and oxygen atoms in total. The molecule has 0 amide bonds. The number of hydrogen-bond acceptors (Lipinski definition) is 1. The van der Waals surface area contributed by atoms with E-state index in [-0.39, 0.29) is 12.0 Å². The van der Waals surface area contributed by atoms with Crippen LogP contribution in [-0.4, -0.2) is 17.6 Å². The number of aromatic amines is 1. The van der Waals surface area contributed by atoms with Crippen LogP contribution in [-0.2, 0) is 12.6 Å². The van der Waals surface area contributed by atoms with Crippen LogP contribution in [0.25, 0.3) is 10.9 Å². The Morgan fingerprint density at radius 3 is 2.72 bits per heavy atom. The predicted molar refractivity (Wildman–Crippen MR) is 111 cm³/mol. The maximum absolute atomic E-state index is 13.1. The number of aryl methyl sites for hydroxylation is 1. The fourth-order valence-electron chi connectivity index (χ4n) is 4.26. The standard InChI is InChI=1S/C24H25F3N2/c25-24(26,27)19-9-5-8-17(15-19)20-11-6-14-28-22(20)12-3-1-7-18-16-29-23-13-4-2-10-21(18)23/h2,4-6,8-11,13,15-16,20,22,28-29H,1,3,7,12,14H2. The highest BCUT2D eigenvalue weighted by Crippen LogP contribution is 2.33. The number of alkyl halides is 3. The number of halogens is 3. The van der Waals surface area contributed by atoms with Gasteiger partial charge in [0.15, 0.2) is 0 Å². The molecule has 152 valence electrons. The molecule has 1 aliphatic rings. The summed E-state index contributed by atoms with van der Waals surface area (Å²) in [7, 11) is 0. The van der Waals surface area contributed by atoms with Gasteiger partial charge in [-0.25, -0.2) is 0 Å². The molecule has 0 bridgehead atoms.